The molecular weight excluding hydrogens is 395 g/mol. The number of anilines is 1. The minimum Gasteiger partial charge on any atom is -0.351 e. The number of carbonyl (C=O) groups is 2. The number of amides is 2. The zero-order valence-electron chi connectivity index (χ0n) is 14.7. The lowest BCUT2D eigenvalue weighted by Crippen LogP contribution is -2.40. The molecule has 1 heterocycles. The van der Waals surface area contributed by atoms with Crippen LogP contribution in [0.5, 0.6) is 0 Å². The van der Waals surface area contributed by atoms with Crippen LogP contribution in [-0.2, 0) is 11.3 Å². The van der Waals surface area contributed by atoms with Gasteiger partial charge >= 0.3 is 0 Å². The van der Waals surface area contributed by atoms with Gasteiger partial charge in [0.25, 0.3) is 11.8 Å². The molecule has 0 aromatic heterocycles. The molecule has 0 saturated carbocycles. The third-order valence-corrected chi connectivity index (χ3v) is 4.18. The Hall–Kier alpha value is -2.58. The zero-order valence-corrected chi connectivity index (χ0v) is 15.5. The fourth-order valence-corrected chi connectivity index (χ4v) is 2.78. The van der Waals surface area contributed by atoms with Gasteiger partial charge in [-0.3, -0.25) is 14.9 Å². The number of hydrogen-bond acceptors (Lipinski definition) is 3. The molecule has 0 radical (unpaired) electrons. The molecule has 1 aliphatic rings. The van der Waals surface area contributed by atoms with Crippen molar-refractivity contribution in [2.24, 2.45) is 0 Å². The van der Waals surface area contributed by atoms with Crippen molar-refractivity contribution in [3.05, 3.63) is 65.5 Å². The molecule has 28 heavy (non-hydrogen) atoms. The molecule has 3 N–H and O–H groups in total. The van der Waals surface area contributed by atoms with Gasteiger partial charge in [-0.25, -0.2) is 13.2 Å². The number of benzene rings is 2. The summed E-state index contributed by atoms with van der Waals surface area (Å²) < 4.78 is 39.2. The largest absolute Gasteiger partial charge is 0.351 e. The smallest absolute Gasteiger partial charge is 0.262 e. The van der Waals surface area contributed by atoms with Crippen molar-refractivity contribution >= 4 is 29.9 Å². The lowest BCUT2D eigenvalue weighted by atomic mass is 10.1. The van der Waals surface area contributed by atoms with Crippen molar-refractivity contribution in [3.8, 4) is 0 Å². The van der Waals surface area contributed by atoms with E-state index in [1.54, 1.807) is 24.3 Å². The Morgan fingerprint density at radius 2 is 1.86 bits per heavy atom. The van der Waals surface area contributed by atoms with Gasteiger partial charge in [-0.2, -0.15) is 0 Å². The van der Waals surface area contributed by atoms with E-state index in [2.05, 4.69) is 16.0 Å². The van der Waals surface area contributed by atoms with Crippen molar-refractivity contribution in [2.45, 2.75) is 24.9 Å². The van der Waals surface area contributed by atoms with Crippen LogP contribution in [0.2, 0.25) is 0 Å². The minimum atomic E-state index is -2.87. The summed E-state index contributed by atoms with van der Waals surface area (Å²) in [6, 6.07) is 11.0. The van der Waals surface area contributed by atoms with Crippen molar-refractivity contribution < 1.29 is 22.8 Å². The predicted molar refractivity (Wildman–Crippen MR) is 101 cm³/mol. The molecule has 9 heteroatoms. The quantitative estimate of drug-likeness (QED) is 0.705. The van der Waals surface area contributed by atoms with Gasteiger partial charge in [-0.1, -0.05) is 12.1 Å². The highest BCUT2D eigenvalue weighted by Crippen LogP contribution is 2.25. The molecule has 2 amide bonds. The first kappa shape index (κ1) is 21.7. The maximum atomic E-state index is 13.2. The average Bonchev–Trinajstić information content (AvgIpc) is 3.00. The van der Waals surface area contributed by atoms with Crippen LogP contribution in [0.1, 0.15) is 22.3 Å². The maximum absolute atomic E-state index is 13.2. The summed E-state index contributed by atoms with van der Waals surface area (Å²) in [7, 11) is 0. The Balaban J connectivity index is 0.00000280. The molecular formula is C19H19ClF3N3O2. The molecule has 0 bridgehead atoms. The van der Waals surface area contributed by atoms with Crippen molar-refractivity contribution in [1.29, 1.82) is 0 Å². The highest BCUT2D eigenvalue weighted by atomic mass is 35.5. The van der Waals surface area contributed by atoms with E-state index in [0.717, 1.165) is 0 Å². The molecule has 0 aliphatic carbocycles. The Morgan fingerprint density at radius 3 is 2.50 bits per heavy atom. The Labute approximate surface area is 166 Å². The van der Waals surface area contributed by atoms with Crippen LogP contribution in [0.25, 0.3) is 0 Å². The van der Waals surface area contributed by atoms with E-state index in [9.17, 15) is 22.8 Å². The summed E-state index contributed by atoms with van der Waals surface area (Å²) in [4.78, 5) is 24.1. The minimum absolute atomic E-state index is 0. The summed E-state index contributed by atoms with van der Waals surface area (Å²) in [6.07, 6.45) is -0.521. The number of carbonyl (C=O) groups excluding carboxylic acids is 2. The number of hydrogen-bond donors (Lipinski definition) is 3. The summed E-state index contributed by atoms with van der Waals surface area (Å²) in [5.74, 6) is -4.19. The fourth-order valence-electron chi connectivity index (χ4n) is 2.78. The van der Waals surface area contributed by atoms with Gasteiger partial charge in [0.2, 0.25) is 5.91 Å². The second-order valence-corrected chi connectivity index (χ2v) is 6.37. The van der Waals surface area contributed by atoms with Crippen LogP contribution in [0.15, 0.2) is 48.5 Å². The van der Waals surface area contributed by atoms with Gasteiger partial charge in [-0.05, 0) is 42.0 Å². The highest BCUT2D eigenvalue weighted by Gasteiger charge is 2.42. The van der Waals surface area contributed by atoms with E-state index in [4.69, 9.17) is 0 Å². The van der Waals surface area contributed by atoms with E-state index >= 15 is 0 Å². The summed E-state index contributed by atoms with van der Waals surface area (Å²) >= 11 is 0. The normalized spacial score (nSPS) is 17.5. The molecule has 150 valence electrons. The van der Waals surface area contributed by atoms with Crippen LogP contribution in [0.4, 0.5) is 18.9 Å². The molecule has 1 saturated heterocycles. The van der Waals surface area contributed by atoms with Crippen molar-refractivity contribution in [1.82, 2.24) is 10.6 Å². The number of alkyl halides is 2. The molecule has 0 spiro atoms. The van der Waals surface area contributed by atoms with E-state index in [-0.39, 0.29) is 19.0 Å². The topological polar surface area (TPSA) is 70.2 Å². The molecule has 2 aromatic rings. The van der Waals surface area contributed by atoms with Gasteiger partial charge in [0.1, 0.15) is 5.82 Å². The van der Waals surface area contributed by atoms with Crippen LogP contribution in [0.3, 0.4) is 0 Å². The van der Waals surface area contributed by atoms with Gasteiger partial charge in [-0.15, -0.1) is 12.4 Å². The predicted octanol–water partition coefficient (Wildman–Crippen LogP) is 3.11. The lowest BCUT2D eigenvalue weighted by Gasteiger charge is -2.12. The van der Waals surface area contributed by atoms with Crippen molar-refractivity contribution in [3.63, 3.8) is 0 Å². The lowest BCUT2D eigenvalue weighted by molar-refractivity contribution is -0.123. The summed E-state index contributed by atoms with van der Waals surface area (Å²) in [5.41, 5.74) is 1.51. The van der Waals surface area contributed by atoms with Gasteiger partial charge in [0.15, 0.2) is 0 Å². The van der Waals surface area contributed by atoms with Crippen LogP contribution >= 0.6 is 12.4 Å². The first-order valence-corrected chi connectivity index (χ1v) is 8.37. The van der Waals surface area contributed by atoms with Crippen LogP contribution < -0.4 is 16.0 Å². The van der Waals surface area contributed by atoms with E-state index in [1.165, 1.54) is 24.3 Å². The summed E-state index contributed by atoms with van der Waals surface area (Å²) in [6.45, 7) is -0.362. The second kappa shape index (κ2) is 9.07. The average molecular weight is 414 g/mol. The molecule has 1 fully saturated rings. The number of nitrogens with one attached hydrogen (secondary N) is 3. The van der Waals surface area contributed by atoms with Gasteiger partial charge in [0.05, 0.1) is 12.6 Å². The first-order valence-electron chi connectivity index (χ1n) is 8.37. The molecule has 2 aromatic carbocycles. The van der Waals surface area contributed by atoms with E-state index in [0.29, 0.717) is 16.8 Å². The summed E-state index contributed by atoms with van der Waals surface area (Å²) in [5, 5.41) is 7.79. The molecule has 3 rings (SSSR count). The SMILES string of the molecule is Cl.O=C(Nc1cccc(CNC(=O)C2CC(F)(F)CN2)c1)c1ccc(F)cc1. The fraction of sp³-hybridized carbons (Fsp3) is 0.263. The van der Waals surface area contributed by atoms with Crippen molar-refractivity contribution in [2.75, 3.05) is 11.9 Å². The Morgan fingerprint density at radius 1 is 1.14 bits per heavy atom. The van der Waals surface area contributed by atoms with E-state index in [1.807, 2.05) is 0 Å². The first-order chi connectivity index (χ1) is 12.8. The second-order valence-electron chi connectivity index (χ2n) is 6.37. The molecule has 1 atom stereocenters. The standard InChI is InChI=1S/C19H18F3N3O2.ClH/c20-14-6-4-13(5-7-14)17(26)25-15-3-1-2-12(8-15)10-23-18(27)16-9-19(21,22)11-24-16;/h1-8,16,24H,9-11H2,(H,23,27)(H,25,26);1H. The maximum Gasteiger partial charge on any atom is 0.262 e. The third kappa shape index (κ3) is 5.71. The van der Waals surface area contributed by atoms with E-state index < -0.39 is 42.6 Å². The van der Waals surface area contributed by atoms with Gasteiger partial charge in [0, 0.05) is 24.2 Å². The van der Waals surface area contributed by atoms with Crippen LogP contribution in [0, 0.1) is 5.82 Å². The number of halogens is 4. The molecule has 1 aliphatic heterocycles. The Kier molecular flexibility index (Phi) is 7.04. The molecule has 5 nitrogen and oxygen atoms in total. The highest BCUT2D eigenvalue weighted by molar-refractivity contribution is 6.04. The number of rotatable bonds is 5. The van der Waals surface area contributed by atoms with Gasteiger partial charge < -0.3 is 10.6 Å². The van der Waals surface area contributed by atoms with Crippen LogP contribution in [-0.4, -0.2) is 30.3 Å². The Bertz CT molecular complexity index is 847. The third-order valence-electron chi connectivity index (χ3n) is 4.18. The zero-order chi connectivity index (χ0) is 19.4. The monoisotopic (exact) mass is 413 g/mol. The molecule has 1 unspecified atom stereocenters.